The van der Waals surface area contributed by atoms with E-state index in [2.05, 4.69) is 6.65 Å². The van der Waals surface area contributed by atoms with Crippen LogP contribution in [0.5, 0.6) is 0 Å². The van der Waals surface area contributed by atoms with Crippen molar-refractivity contribution < 1.29 is 4.65 Å². The van der Waals surface area contributed by atoms with Gasteiger partial charge in [-0.05, 0) is 0 Å². The predicted molar refractivity (Wildman–Crippen MR) is 57.8 cm³/mol. The van der Waals surface area contributed by atoms with E-state index in [1.165, 1.54) is 0 Å². The van der Waals surface area contributed by atoms with Crippen LogP contribution in [-0.4, -0.2) is 0 Å². The molecule has 0 N–H and O–H groups in total. The molecule has 1 nitrogen and oxygen atoms in total. The predicted octanol–water partition coefficient (Wildman–Crippen LogP) is 5.05. The van der Waals surface area contributed by atoms with Crippen LogP contribution in [0.2, 0.25) is 0 Å². The van der Waals surface area contributed by atoms with Gasteiger partial charge in [-0.3, -0.25) is 0 Å². The Morgan fingerprint density at radius 1 is 0.400 bits per heavy atom. The van der Waals surface area contributed by atoms with Gasteiger partial charge in [0, 0.05) is 0 Å². The van der Waals surface area contributed by atoms with Crippen LogP contribution in [0.25, 0.3) is 0 Å². The third-order valence-corrected chi connectivity index (χ3v) is 0. The molecule has 0 aliphatic rings. The molecule has 0 amide bonds. The Labute approximate surface area is 71.6 Å². The van der Waals surface area contributed by atoms with E-state index in [4.69, 9.17) is 4.65 Å². The Bertz CT molecular complexity index is 9.44. The third kappa shape index (κ3) is 5200. The van der Waals surface area contributed by atoms with Gasteiger partial charge >= 0.3 is 11.3 Å². The summed E-state index contributed by atoms with van der Waals surface area (Å²) in [6.45, 7) is 4.50. The van der Waals surface area contributed by atoms with Crippen molar-refractivity contribution in [3.63, 3.8) is 0 Å². The molecule has 0 heterocycles. The Morgan fingerprint density at radius 2 is 0.400 bits per heavy atom. The monoisotopic (exact) mass is 156 g/mol. The van der Waals surface area contributed by atoms with Gasteiger partial charge in [0.1, 0.15) is 0 Å². The summed E-state index contributed by atoms with van der Waals surface area (Å²) in [6, 6.07) is 0. The van der Waals surface area contributed by atoms with Gasteiger partial charge in [-0.2, -0.15) is 0 Å². The second-order valence-electron chi connectivity index (χ2n) is 0. The molecule has 0 rings (SSSR count). The molecule has 74 valence electrons. The molecule has 0 unspecified atom stereocenters. The Kier molecular flexibility index (Phi) is 1050000. The summed E-state index contributed by atoms with van der Waals surface area (Å²) < 4.78 is 7.50. The summed E-state index contributed by atoms with van der Waals surface area (Å²) in [6.07, 6.45) is 0. The standard InChI is InChI=1S/CO.8CH4/c1-2;;;;;;;;/h;8*1H4. The molecule has 0 aromatic carbocycles. The van der Waals surface area contributed by atoms with Crippen LogP contribution in [0.3, 0.4) is 0 Å². The van der Waals surface area contributed by atoms with E-state index in [-0.39, 0.29) is 59.4 Å². The molecule has 0 spiro atoms. The van der Waals surface area contributed by atoms with Crippen LogP contribution in [0, 0.1) is 6.65 Å². The van der Waals surface area contributed by atoms with Crippen molar-refractivity contribution >= 4 is 0 Å². The fraction of sp³-hybridized carbons (Fsp3) is 0.889. The van der Waals surface area contributed by atoms with Crippen molar-refractivity contribution in [2.45, 2.75) is 59.4 Å². The Morgan fingerprint density at radius 3 is 0.400 bits per heavy atom. The molecule has 0 bridgehead atoms. The zero-order valence-electron chi connectivity index (χ0n) is 0.908. The quantitative estimate of drug-likeness (QED) is 0.345. The van der Waals surface area contributed by atoms with Gasteiger partial charge in [0.25, 0.3) is 0 Å². The summed E-state index contributed by atoms with van der Waals surface area (Å²) >= 11 is 0. The molecule has 0 aliphatic carbocycles. The molecule has 0 saturated carbocycles. The first-order valence-corrected chi connectivity index (χ1v) is 0.204. The summed E-state index contributed by atoms with van der Waals surface area (Å²) in [7, 11) is 0. The molecule has 0 aliphatic heterocycles. The van der Waals surface area contributed by atoms with E-state index < -0.39 is 0 Å². The van der Waals surface area contributed by atoms with Gasteiger partial charge < -0.3 is 0 Å². The van der Waals surface area contributed by atoms with Gasteiger partial charge in [-0.25, -0.2) is 0 Å². The van der Waals surface area contributed by atoms with Crippen molar-refractivity contribution in [3.05, 3.63) is 6.65 Å². The molecule has 0 aromatic heterocycles. The third-order valence-electron chi connectivity index (χ3n) is 0. The van der Waals surface area contributed by atoms with Crippen molar-refractivity contribution in [2.24, 2.45) is 0 Å². The van der Waals surface area contributed by atoms with E-state index in [9.17, 15) is 0 Å². The fourth-order valence-corrected chi connectivity index (χ4v) is 0. The van der Waals surface area contributed by atoms with Gasteiger partial charge in [0.2, 0.25) is 0 Å². The zero-order chi connectivity index (χ0) is 2.00. The van der Waals surface area contributed by atoms with Crippen LogP contribution in [0.4, 0.5) is 0 Å². The summed E-state index contributed by atoms with van der Waals surface area (Å²) in [4.78, 5) is 0. The van der Waals surface area contributed by atoms with E-state index in [0.29, 0.717) is 0 Å². The molecule has 0 aromatic rings. The first kappa shape index (κ1) is 1360. The second kappa shape index (κ2) is 7750. The Balaban J connectivity index is -0.000000000179. The SMILES string of the molecule is C.C.C.C.C.C.C.C.[C-]#[O+]. The van der Waals surface area contributed by atoms with Gasteiger partial charge in [-0.15, -0.1) is 0 Å². The fourth-order valence-electron chi connectivity index (χ4n) is 0. The van der Waals surface area contributed by atoms with Crippen LogP contribution in [-0.2, 0) is 4.65 Å². The van der Waals surface area contributed by atoms with E-state index in [1.54, 1.807) is 0 Å². The van der Waals surface area contributed by atoms with Gasteiger partial charge in [0.15, 0.2) is 0 Å². The molecule has 10 heavy (non-hydrogen) atoms. The molecule has 0 saturated heterocycles. The van der Waals surface area contributed by atoms with Gasteiger partial charge in [-0.1, -0.05) is 59.4 Å². The minimum absolute atomic E-state index is 0. The number of hydrogen-bond donors (Lipinski definition) is 0. The summed E-state index contributed by atoms with van der Waals surface area (Å²) in [5.74, 6) is 0. The topological polar surface area (TPSA) is 19.9 Å². The van der Waals surface area contributed by atoms with E-state index in [0.717, 1.165) is 0 Å². The van der Waals surface area contributed by atoms with Crippen molar-refractivity contribution in [1.29, 1.82) is 0 Å². The summed E-state index contributed by atoms with van der Waals surface area (Å²) in [5.41, 5.74) is 0. The number of hydrogen-bond acceptors (Lipinski definition) is 0. The average molecular weight is 156 g/mol. The maximum absolute atomic E-state index is 7.50. The molecule has 1 heteroatoms. The normalized spacial score (nSPS) is 0.200. The van der Waals surface area contributed by atoms with Gasteiger partial charge in [0.05, 0.1) is 0 Å². The maximum atomic E-state index is 7.50. The van der Waals surface area contributed by atoms with E-state index >= 15 is 0 Å². The van der Waals surface area contributed by atoms with E-state index in [1.807, 2.05) is 0 Å². The van der Waals surface area contributed by atoms with Crippen LogP contribution < -0.4 is 0 Å². The van der Waals surface area contributed by atoms with Crippen LogP contribution in [0.15, 0.2) is 0 Å². The van der Waals surface area contributed by atoms with Crippen LogP contribution >= 0.6 is 0 Å². The average Bonchev–Trinajstić information content (AvgIpc) is 1.00. The molecular weight excluding hydrogens is 124 g/mol. The molecule has 0 fully saturated rings. The number of rotatable bonds is 0. The second-order valence-corrected chi connectivity index (χ2v) is 0. The summed E-state index contributed by atoms with van der Waals surface area (Å²) in [5, 5.41) is 0. The zero-order valence-corrected chi connectivity index (χ0v) is 0.908. The first-order chi connectivity index (χ1) is 1.00. The first-order valence-electron chi connectivity index (χ1n) is 0.204. The molecule has 0 atom stereocenters. The van der Waals surface area contributed by atoms with Crippen LogP contribution in [0.1, 0.15) is 59.4 Å². The minimum atomic E-state index is 0. The molecule has 0 radical (unpaired) electrons. The Hall–Kier alpha value is -0.260. The van der Waals surface area contributed by atoms with Crippen molar-refractivity contribution in [1.82, 2.24) is 0 Å². The van der Waals surface area contributed by atoms with Crippen molar-refractivity contribution in [2.75, 3.05) is 0 Å². The van der Waals surface area contributed by atoms with Crippen molar-refractivity contribution in [3.8, 4) is 0 Å². The molecular formula is C9H32O.